The maximum Gasteiger partial charge on any atom is 0.406 e. The number of rotatable bonds is 3. The molecule has 3 aromatic heterocycles. The van der Waals surface area contributed by atoms with Gasteiger partial charge in [0.05, 0.1) is 16.0 Å². The van der Waals surface area contributed by atoms with Crippen LogP contribution in [0.3, 0.4) is 0 Å². The summed E-state index contributed by atoms with van der Waals surface area (Å²) in [6, 6.07) is 2.97. The summed E-state index contributed by atoms with van der Waals surface area (Å²) < 4.78 is 23.8. The number of thiophene rings is 1. The van der Waals surface area contributed by atoms with Crippen LogP contribution in [0, 0.1) is 10.1 Å². The highest BCUT2D eigenvalue weighted by molar-refractivity contribution is 9.34. The number of primary sulfonamides is 1. The van der Waals surface area contributed by atoms with Crippen molar-refractivity contribution in [2.75, 3.05) is 0 Å². The molecule has 3 aromatic rings. The lowest BCUT2D eigenvalue weighted by Crippen LogP contribution is -2.12. The van der Waals surface area contributed by atoms with E-state index in [0.29, 0.717) is 15.5 Å². The number of hydrogen-bond donors (Lipinski definition) is 1. The molecule has 0 aliphatic rings. The summed E-state index contributed by atoms with van der Waals surface area (Å²) in [5.74, 6) is 0. The molecule has 0 fully saturated rings. The van der Waals surface area contributed by atoms with Gasteiger partial charge in [0.25, 0.3) is 14.8 Å². The van der Waals surface area contributed by atoms with E-state index in [9.17, 15) is 18.5 Å². The van der Waals surface area contributed by atoms with E-state index in [0.717, 1.165) is 11.3 Å². The van der Waals surface area contributed by atoms with Gasteiger partial charge in [0, 0.05) is 6.07 Å². The molecule has 1 atom stereocenters. The van der Waals surface area contributed by atoms with Crippen molar-refractivity contribution in [3.05, 3.63) is 28.4 Å². The zero-order chi connectivity index (χ0) is 15.4. The molecule has 0 aromatic carbocycles. The molecule has 3 rings (SSSR count). The van der Waals surface area contributed by atoms with Gasteiger partial charge in [-0.3, -0.25) is 10.1 Å². The average molecular weight is 492 g/mol. The van der Waals surface area contributed by atoms with Gasteiger partial charge in [0.2, 0.25) is 0 Å². The van der Waals surface area contributed by atoms with E-state index in [1.807, 2.05) is 0 Å². The number of nitrogens with zero attached hydrogens (tertiary/aromatic N) is 4. The summed E-state index contributed by atoms with van der Waals surface area (Å²) in [5.41, 5.74) is 0.484. The lowest BCUT2D eigenvalue weighted by atomic mass is 10.4. The van der Waals surface area contributed by atoms with E-state index in [1.165, 1.54) is 16.8 Å². The zero-order valence-electron chi connectivity index (χ0n) is 10.2. The van der Waals surface area contributed by atoms with Gasteiger partial charge in [0.1, 0.15) is 14.6 Å². The van der Waals surface area contributed by atoms with Crippen LogP contribution in [0.2, 0.25) is 0 Å². The van der Waals surface area contributed by atoms with Gasteiger partial charge in [0.15, 0.2) is 0 Å². The third-order valence-corrected chi connectivity index (χ3v) is 8.67. The minimum absolute atomic E-state index is 0. The Morgan fingerprint density at radius 2 is 2.14 bits per heavy atom. The predicted molar refractivity (Wildman–Crippen MR) is 91.5 cm³/mol. The number of nitro groups is 1. The van der Waals surface area contributed by atoms with Crippen molar-refractivity contribution in [1.82, 2.24) is 14.6 Å². The Labute approximate surface area is 147 Å². The maximum atomic E-state index is 11.4. The van der Waals surface area contributed by atoms with Crippen LogP contribution in [-0.4, -0.2) is 27.9 Å². The molecule has 0 radical (unpaired) electrons. The number of halogens is 2. The molecule has 0 saturated carbocycles. The van der Waals surface area contributed by atoms with Crippen molar-refractivity contribution in [2.24, 2.45) is 5.14 Å². The molecular formula is C8H6Br2N5O4S3+. The van der Waals surface area contributed by atoms with Crippen LogP contribution < -0.4 is 5.14 Å². The van der Waals surface area contributed by atoms with E-state index in [1.54, 1.807) is 6.07 Å². The highest BCUT2D eigenvalue weighted by Crippen LogP contribution is 2.39. The summed E-state index contributed by atoms with van der Waals surface area (Å²) >= 11 is 4.18. The SMILES string of the molecule is Br.NS(=O)(=O)c1nn2cc(-c3ccc([N+](=O)[O-])s3)nc2[s+]1Br. The van der Waals surface area contributed by atoms with Crippen LogP contribution >= 0.6 is 52.0 Å². The van der Waals surface area contributed by atoms with Gasteiger partial charge in [-0.25, -0.2) is 13.6 Å². The Balaban J connectivity index is 0.00000176. The summed E-state index contributed by atoms with van der Waals surface area (Å²) in [4.78, 5) is 15.4. The van der Waals surface area contributed by atoms with Gasteiger partial charge < -0.3 is 0 Å². The molecule has 2 N–H and O–H groups in total. The van der Waals surface area contributed by atoms with Crippen molar-refractivity contribution in [2.45, 2.75) is 4.34 Å². The van der Waals surface area contributed by atoms with E-state index in [-0.39, 0.29) is 26.3 Å². The lowest BCUT2D eigenvalue weighted by Gasteiger charge is -1.86. The Hall–Kier alpha value is -0.930. The van der Waals surface area contributed by atoms with Crippen LogP contribution in [0.15, 0.2) is 22.7 Å². The number of aromatic nitrogens is 3. The summed E-state index contributed by atoms with van der Waals surface area (Å²) in [6.07, 6.45) is 1.50. The Bertz CT molecular complexity index is 975. The van der Waals surface area contributed by atoms with Crippen molar-refractivity contribution < 1.29 is 13.3 Å². The van der Waals surface area contributed by atoms with Gasteiger partial charge in [-0.1, -0.05) is 16.4 Å². The smallest absolute Gasteiger partial charge is 0.258 e. The topological polar surface area (TPSA) is 133 Å². The molecule has 0 aliphatic heterocycles. The predicted octanol–water partition coefficient (Wildman–Crippen LogP) is 2.50. The normalized spacial score (nSPS) is 12.4. The first-order chi connectivity index (χ1) is 9.77. The lowest BCUT2D eigenvalue weighted by molar-refractivity contribution is -0.380. The fraction of sp³-hybridized carbons (Fsp3) is 0. The van der Waals surface area contributed by atoms with Crippen molar-refractivity contribution in [3.8, 4) is 10.6 Å². The molecule has 1 unspecified atom stereocenters. The van der Waals surface area contributed by atoms with E-state index >= 15 is 0 Å². The average Bonchev–Trinajstić information content (AvgIpc) is 3.03. The number of fused-ring (bicyclic) bond motifs is 1. The Kier molecular flexibility index (Phi) is 4.70. The highest BCUT2D eigenvalue weighted by atomic mass is 79.9. The van der Waals surface area contributed by atoms with Crippen LogP contribution in [0.25, 0.3) is 15.5 Å². The van der Waals surface area contributed by atoms with Gasteiger partial charge in [-0.05, 0) is 6.07 Å². The quantitative estimate of drug-likeness (QED) is 0.340. The molecule has 0 spiro atoms. The first-order valence-electron chi connectivity index (χ1n) is 5.13. The van der Waals surface area contributed by atoms with Crippen molar-refractivity contribution in [3.63, 3.8) is 0 Å². The van der Waals surface area contributed by atoms with E-state index < -0.39 is 23.8 Å². The van der Waals surface area contributed by atoms with Gasteiger partial charge in [-0.15, -0.1) is 17.0 Å². The molecule has 9 nitrogen and oxygen atoms in total. The molecule has 0 bridgehead atoms. The number of sulfonamides is 1. The molecule has 3 heterocycles. The molecule has 22 heavy (non-hydrogen) atoms. The maximum absolute atomic E-state index is 11.4. The van der Waals surface area contributed by atoms with Crippen LogP contribution in [0.1, 0.15) is 0 Å². The van der Waals surface area contributed by atoms with Crippen molar-refractivity contribution >= 4 is 72.0 Å². The summed E-state index contributed by atoms with van der Waals surface area (Å²) in [5, 5.41) is 19.6. The minimum Gasteiger partial charge on any atom is -0.258 e. The first-order valence-corrected chi connectivity index (χ1v) is 10.6. The molecule has 14 heteroatoms. The number of hydrogen-bond acceptors (Lipinski definition) is 7. The third-order valence-electron chi connectivity index (χ3n) is 2.43. The fourth-order valence-corrected chi connectivity index (χ4v) is 6.87. The summed E-state index contributed by atoms with van der Waals surface area (Å²) in [6.45, 7) is 0. The molecule has 118 valence electrons. The van der Waals surface area contributed by atoms with Crippen LogP contribution in [0.4, 0.5) is 5.00 Å². The molecular weight excluding hydrogens is 486 g/mol. The monoisotopic (exact) mass is 490 g/mol. The standard InChI is InChI=1S/C8H5BrN5O4S3.BrH/c9-20-7-11-4(5-1-2-6(19-5)14(15)16)3-13(7)12-8(20)21(10,17)18;/h1-3H,(H2,10,17,18);1H/q+1;. The van der Waals surface area contributed by atoms with E-state index in [4.69, 9.17) is 5.14 Å². The second kappa shape index (κ2) is 5.93. The van der Waals surface area contributed by atoms with Gasteiger partial charge in [-0.2, -0.15) is 9.50 Å². The minimum atomic E-state index is -3.91. The number of nitrogens with two attached hydrogens (primary N) is 1. The first kappa shape index (κ1) is 17.4. The summed E-state index contributed by atoms with van der Waals surface area (Å²) in [7, 11) is -4.94. The molecule has 0 saturated heterocycles. The Morgan fingerprint density at radius 3 is 2.64 bits per heavy atom. The van der Waals surface area contributed by atoms with Gasteiger partial charge >= 0.3 is 24.3 Å². The van der Waals surface area contributed by atoms with Crippen LogP contribution in [0.5, 0.6) is 0 Å². The third kappa shape index (κ3) is 2.93. The Morgan fingerprint density at radius 1 is 1.45 bits per heavy atom. The second-order valence-electron chi connectivity index (χ2n) is 3.82. The molecule has 0 amide bonds. The highest BCUT2D eigenvalue weighted by Gasteiger charge is 2.33. The second-order valence-corrected chi connectivity index (χ2v) is 9.82. The fourth-order valence-electron chi connectivity index (χ4n) is 1.59. The van der Waals surface area contributed by atoms with E-state index in [2.05, 4.69) is 24.9 Å². The van der Waals surface area contributed by atoms with Crippen LogP contribution in [-0.2, 0) is 10.0 Å². The van der Waals surface area contributed by atoms with Crippen molar-refractivity contribution in [1.29, 1.82) is 0 Å². The molecule has 0 aliphatic carbocycles. The largest absolute Gasteiger partial charge is 0.406 e. The zero-order valence-corrected chi connectivity index (χ0v) is 16.0. The number of imidazole rings is 1.